The Hall–Kier alpha value is -1.29. The normalized spacial score (nSPS) is 4.11. The van der Waals surface area contributed by atoms with Gasteiger partial charge in [-0.1, -0.05) is 0 Å². The average Bonchev–Trinajstić information content (AvgIpc) is 2.23. The zero-order valence-electron chi connectivity index (χ0n) is 11.9. The Morgan fingerprint density at radius 2 is 0.368 bits per heavy atom. The summed E-state index contributed by atoms with van der Waals surface area (Å²) in [5.41, 5.74) is 0. The van der Waals surface area contributed by atoms with E-state index in [4.69, 9.17) is 28.8 Å². The molecule has 19 heavy (non-hydrogen) atoms. The van der Waals surface area contributed by atoms with Crippen molar-refractivity contribution in [2.75, 3.05) is 0 Å². The van der Waals surface area contributed by atoms with Gasteiger partial charge in [0.05, 0.1) is 0 Å². The van der Waals surface area contributed by atoms with E-state index in [1.165, 1.54) is 79.3 Å². The molecule has 0 rings (SSSR count). The van der Waals surface area contributed by atoms with E-state index in [2.05, 4.69) is 0 Å². The maximum absolute atomic E-state index is 8.68. The molecule has 0 bridgehead atoms. The van der Waals surface area contributed by atoms with Crippen molar-refractivity contribution in [2.45, 2.75) is 41.5 Å². The van der Waals surface area contributed by atoms with Gasteiger partial charge in [-0.25, -0.2) is 0 Å². The molecule has 0 radical (unpaired) electrons. The summed E-state index contributed by atoms with van der Waals surface area (Å²) in [7, 11) is 0. The van der Waals surface area contributed by atoms with Gasteiger partial charge >= 0.3 is 0 Å². The Balaban J connectivity index is -0.0000000180. The van der Waals surface area contributed by atoms with E-state index in [1.54, 1.807) is 0 Å². The van der Waals surface area contributed by atoms with E-state index in [9.17, 15) is 0 Å². The molecule has 0 amide bonds. The van der Waals surface area contributed by atoms with Crippen molar-refractivity contribution in [3.05, 3.63) is 0 Å². The molecule has 0 aromatic carbocycles. The Morgan fingerprint density at radius 1 is 0.368 bits per heavy atom. The van der Waals surface area contributed by atoms with E-state index in [-0.39, 0.29) is 21.1 Å². The van der Waals surface area contributed by atoms with Crippen LogP contribution in [-0.2, 0) is 49.8 Å². The van der Waals surface area contributed by atoms with Crippen LogP contribution in [0.5, 0.6) is 0 Å². The van der Waals surface area contributed by atoms with E-state index in [1.807, 2.05) is 0 Å². The summed E-state index contributed by atoms with van der Waals surface area (Å²) in [5, 5.41) is 0. The van der Waals surface area contributed by atoms with Crippen LogP contribution in [0.2, 0.25) is 0 Å². The molecule has 0 saturated carbocycles. The third-order valence-electron chi connectivity index (χ3n) is 0. The van der Waals surface area contributed by atoms with Crippen molar-refractivity contribution in [1.82, 2.24) is 0 Å². The monoisotopic (exact) mass is 442 g/mol. The first-order valence-corrected chi connectivity index (χ1v) is 4.22. The first kappa shape index (κ1) is 43.1. The van der Waals surface area contributed by atoms with E-state index < -0.39 is 0 Å². The predicted octanol–water partition coefficient (Wildman–Crippen LogP) is 0.694. The van der Waals surface area contributed by atoms with Crippen molar-refractivity contribution in [1.29, 1.82) is 0 Å². The molecule has 0 N–H and O–H groups in total. The molecule has 0 aromatic heterocycles. The summed E-state index contributed by atoms with van der Waals surface area (Å²) >= 11 is 0. The van der Waals surface area contributed by atoms with Gasteiger partial charge in [-0.05, 0) is 0 Å². The van der Waals surface area contributed by atoms with Gasteiger partial charge in [-0.2, -0.15) is 41.5 Å². The second-order valence-corrected chi connectivity index (χ2v) is 1.22. The van der Waals surface area contributed by atoms with Gasteiger partial charge in [0.15, 0.2) is 0 Å². The van der Waals surface area contributed by atoms with Gasteiger partial charge in [0.2, 0.25) is 0 Å². The summed E-state index contributed by atoms with van der Waals surface area (Å²) in [6.45, 7) is 7.92. The summed E-state index contributed by atoms with van der Waals surface area (Å²) in [4.78, 5) is 52.1. The molecule has 0 fully saturated rings. The molecule has 114 valence electrons. The van der Waals surface area contributed by atoms with Crippen LogP contribution in [0.4, 0.5) is 0 Å². The minimum atomic E-state index is 0. The summed E-state index contributed by atoms with van der Waals surface area (Å²) in [6.07, 6.45) is 9.00. The molecular formula is C12H18O6W-6. The topological polar surface area (TPSA) is 102 Å². The summed E-state index contributed by atoms with van der Waals surface area (Å²) < 4.78 is 0. The summed E-state index contributed by atoms with van der Waals surface area (Å²) in [5.74, 6) is 0. The molecule has 7 heteroatoms. The first-order chi connectivity index (χ1) is 8.49. The molecule has 0 aliphatic rings. The second-order valence-electron chi connectivity index (χ2n) is 1.22. The van der Waals surface area contributed by atoms with Crippen molar-refractivity contribution >= 4 is 37.7 Å². The smallest absolute Gasteiger partial charge is 0 e. The van der Waals surface area contributed by atoms with Crippen LogP contribution < -0.4 is 0 Å². The van der Waals surface area contributed by atoms with Crippen molar-refractivity contribution in [3.63, 3.8) is 0 Å². The Morgan fingerprint density at radius 3 is 0.368 bits per heavy atom. The van der Waals surface area contributed by atoms with Gasteiger partial charge in [-0.15, -0.1) is 0 Å². The van der Waals surface area contributed by atoms with Crippen LogP contribution in [-0.4, -0.2) is 37.7 Å². The van der Waals surface area contributed by atoms with Crippen LogP contribution in [0.1, 0.15) is 41.5 Å². The molecule has 0 atom stereocenters. The van der Waals surface area contributed by atoms with Crippen LogP contribution in [0.15, 0.2) is 0 Å². The molecular weight excluding hydrogens is 424 g/mol. The fourth-order valence-corrected chi connectivity index (χ4v) is 0. The molecule has 0 aromatic rings. The number of carbonyl (C=O) groups excluding carboxylic acids is 6. The van der Waals surface area contributed by atoms with Crippen molar-refractivity contribution < 1.29 is 49.8 Å². The minimum Gasteiger partial charge on any atom is -0.542 e. The summed E-state index contributed by atoms with van der Waals surface area (Å²) in [6, 6.07) is 0. The molecule has 0 aliphatic heterocycles. The number of rotatable bonds is 0. The third-order valence-corrected chi connectivity index (χ3v) is 0. The largest absolute Gasteiger partial charge is 0.542 e. The van der Waals surface area contributed by atoms with Crippen LogP contribution in [0.3, 0.4) is 0 Å². The Bertz CT molecular complexity index is 114. The fourth-order valence-electron chi connectivity index (χ4n) is 0. The minimum absolute atomic E-state index is 0. The van der Waals surface area contributed by atoms with Gasteiger partial charge < -0.3 is 28.8 Å². The zero-order chi connectivity index (χ0) is 16.2. The van der Waals surface area contributed by atoms with E-state index in [0.717, 1.165) is 0 Å². The second kappa shape index (κ2) is 186. The zero-order valence-corrected chi connectivity index (χ0v) is 14.8. The third kappa shape index (κ3) is 2170. The predicted molar refractivity (Wildman–Crippen MR) is 68.2 cm³/mol. The fraction of sp³-hybridized carbons (Fsp3) is 0.500. The molecule has 0 spiro atoms. The SMILES string of the molecule is C[C-]=O.C[C-]=O.C[C-]=O.C[C-]=O.C[C-]=O.C[C-]=O.[W]. The van der Waals surface area contributed by atoms with Crippen LogP contribution in [0, 0.1) is 0 Å². The van der Waals surface area contributed by atoms with Crippen LogP contribution >= 0.6 is 0 Å². The van der Waals surface area contributed by atoms with Gasteiger partial charge in [0.25, 0.3) is 0 Å². The molecule has 6 nitrogen and oxygen atoms in total. The number of hydrogen-bond donors (Lipinski definition) is 0. The maximum atomic E-state index is 8.68. The van der Waals surface area contributed by atoms with E-state index in [0.29, 0.717) is 0 Å². The number of hydrogen-bond acceptors (Lipinski definition) is 6. The average molecular weight is 442 g/mol. The van der Waals surface area contributed by atoms with Gasteiger partial charge in [0.1, 0.15) is 0 Å². The quantitative estimate of drug-likeness (QED) is 0.512. The van der Waals surface area contributed by atoms with Gasteiger partial charge in [0, 0.05) is 21.1 Å². The van der Waals surface area contributed by atoms with E-state index >= 15 is 0 Å². The maximum Gasteiger partial charge on any atom is 0 e. The molecule has 0 saturated heterocycles. The van der Waals surface area contributed by atoms with Crippen molar-refractivity contribution in [3.8, 4) is 0 Å². The first-order valence-electron chi connectivity index (χ1n) is 4.22. The molecule has 0 unspecified atom stereocenters. The van der Waals surface area contributed by atoms with Gasteiger partial charge in [-0.3, -0.25) is 37.7 Å². The van der Waals surface area contributed by atoms with Crippen molar-refractivity contribution in [2.24, 2.45) is 0 Å². The molecule has 0 heterocycles. The van der Waals surface area contributed by atoms with Crippen LogP contribution in [0.25, 0.3) is 0 Å². The Kier molecular flexibility index (Phi) is 422. The molecule has 0 aliphatic carbocycles. The Labute approximate surface area is 129 Å². The standard InChI is InChI=1S/6C2H3O.W/c6*1-2-3;/h6*1H3;/q6*-1;.